The topological polar surface area (TPSA) is 84.9 Å². The normalized spacial score (nSPS) is 12.5. The van der Waals surface area contributed by atoms with E-state index in [9.17, 15) is 14.7 Å². The summed E-state index contributed by atoms with van der Waals surface area (Å²) in [6, 6.07) is 5.64. The van der Waals surface area contributed by atoms with Crippen LogP contribution >= 0.6 is 0 Å². The van der Waals surface area contributed by atoms with E-state index >= 15 is 0 Å². The summed E-state index contributed by atoms with van der Waals surface area (Å²) in [5, 5.41) is 11.8. The summed E-state index contributed by atoms with van der Waals surface area (Å²) in [6.45, 7) is 8.26. The van der Waals surface area contributed by atoms with E-state index in [0.717, 1.165) is 0 Å². The van der Waals surface area contributed by atoms with E-state index < -0.39 is 17.9 Å². The Kier molecular flexibility index (Phi) is 7.03. The van der Waals surface area contributed by atoms with E-state index in [4.69, 9.17) is 9.47 Å². The van der Waals surface area contributed by atoms with Gasteiger partial charge in [-0.05, 0) is 45.9 Å². The fourth-order valence-corrected chi connectivity index (χ4v) is 1.88. The number of hydrogen-bond acceptors (Lipinski definition) is 4. The molecule has 0 aliphatic rings. The number of carbonyl (C=O) groups excluding carboxylic acids is 1. The first-order valence-corrected chi connectivity index (χ1v) is 7.63. The summed E-state index contributed by atoms with van der Waals surface area (Å²) in [7, 11) is 0. The first kappa shape index (κ1) is 19.0. The van der Waals surface area contributed by atoms with Crippen LogP contribution in [0, 0.1) is 0 Å². The molecule has 2 N–H and O–H groups in total. The molecule has 128 valence electrons. The molecule has 0 saturated carbocycles. The molecule has 0 radical (unpaired) electrons. The van der Waals surface area contributed by atoms with Gasteiger partial charge in [0.05, 0.1) is 12.2 Å². The third-order valence-corrected chi connectivity index (χ3v) is 2.95. The first-order chi connectivity index (χ1) is 10.7. The maximum absolute atomic E-state index is 12.2. The number of ether oxygens (including phenoxy) is 2. The highest BCUT2D eigenvalue weighted by Gasteiger charge is 2.22. The average molecular weight is 323 g/mol. The van der Waals surface area contributed by atoms with Crippen LogP contribution in [0.5, 0.6) is 5.75 Å². The van der Waals surface area contributed by atoms with Crippen molar-refractivity contribution in [2.45, 2.75) is 45.8 Å². The lowest BCUT2D eigenvalue weighted by molar-refractivity contribution is -0.140. The number of nitrogens with one attached hydrogen (secondary N) is 1. The van der Waals surface area contributed by atoms with Gasteiger partial charge in [-0.15, -0.1) is 0 Å². The van der Waals surface area contributed by atoms with Crippen molar-refractivity contribution in [3.63, 3.8) is 0 Å². The molecular formula is C17H25NO5. The van der Waals surface area contributed by atoms with E-state index in [2.05, 4.69) is 5.32 Å². The third kappa shape index (κ3) is 7.15. The van der Waals surface area contributed by atoms with Crippen LogP contribution < -0.4 is 10.1 Å². The minimum Gasteiger partial charge on any atom is -0.494 e. The molecule has 6 nitrogen and oxygen atoms in total. The van der Waals surface area contributed by atoms with Crippen molar-refractivity contribution in [1.29, 1.82) is 0 Å². The van der Waals surface area contributed by atoms with E-state index in [1.165, 1.54) is 0 Å². The molecule has 6 heteroatoms. The Morgan fingerprint density at radius 2 is 2.00 bits per heavy atom. The summed E-state index contributed by atoms with van der Waals surface area (Å²) in [4.78, 5) is 23.5. The predicted molar refractivity (Wildman–Crippen MR) is 86.8 cm³/mol. The number of carbonyl (C=O) groups is 2. The Labute approximate surface area is 136 Å². The zero-order valence-corrected chi connectivity index (χ0v) is 14.1. The van der Waals surface area contributed by atoms with Crippen molar-refractivity contribution in [3.05, 3.63) is 29.8 Å². The van der Waals surface area contributed by atoms with Crippen LogP contribution in [0.2, 0.25) is 0 Å². The van der Waals surface area contributed by atoms with Crippen molar-refractivity contribution in [2.75, 3.05) is 13.2 Å². The second-order valence-corrected chi connectivity index (χ2v) is 6.07. The molecule has 0 heterocycles. The van der Waals surface area contributed by atoms with E-state index in [1.54, 1.807) is 24.3 Å². The van der Waals surface area contributed by atoms with E-state index in [-0.39, 0.29) is 18.6 Å². The lowest BCUT2D eigenvalue weighted by atomic mass is 10.1. The fraction of sp³-hybridized carbons (Fsp3) is 0.529. The molecule has 0 bridgehead atoms. The van der Waals surface area contributed by atoms with E-state index in [1.807, 2.05) is 27.7 Å². The van der Waals surface area contributed by atoms with Crippen molar-refractivity contribution in [2.24, 2.45) is 0 Å². The minimum atomic E-state index is -1.09. The molecule has 0 spiro atoms. The number of amides is 1. The van der Waals surface area contributed by atoms with Gasteiger partial charge in [0.1, 0.15) is 11.8 Å². The zero-order valence-electron chi connectivity index (χ0n) is 14.1. The highest BCUT2D eigenvalue weighted by atomic mass is 16.5. The molecule has 1 aromatic rings. The van der Waals surface area contributed by atoms with Gasteiger partial charge in [-0.2, -0.15) is 0 Å². The van der Waals surface area contributed by atoms with Gasteiger partial charge in [-0.3, -0.25) is 4.79 Å². The number of rotatable bonds is 8. The quantitative estimate of drug-likeness (QED) is 0.767. The van der Waals surface area contributed by atoms with Crippen LogP contribution in [-0.2, 0) is 9.53 Å². The molecule has 0 aliphatic heterocycles. The second kappa shape index (κ2) is 8.53. The summed E-state index contributed by atoms with van der Waals surface area (Å²) >= 11 is 0. The number of benzene rings is 1. The highest BCUT2D eigenvalue weighted by molar-refractivity contribution is 5.96. The van der Waals surface area contributed by atoms with Crippen LogP contribution in [0.4, 0.5) is 0 Å². The van der Waals surface area contributed by atoms with Crippen LogP contribution in [-0.4, -0.2) is 41.8 Å². The Morgan fingerprint density at radius 3 is 2.57 bits per heavy atom. The Balaban J connectivity index is 2.67. The largest absolute Gasteiger partial charge is 0.494 e. The number of hydrogen-bond donors (Lipinski definition) is 2. The molecule has 1 amide bonds. The number of carboxylic acid groups (broad SMARTS) is 1. The predicted octanol–water partition coefficient (Wildman–Crippen LogP) is 2.47. The molecule has 1 aromatic carbocycles. The zero-order chi connectivity index (χ0) is 17.5. The highest BCUT2D eigenvalue weighted by Crippen LogP contribution is 2.14. The van der Waals surface area contributed by atoms with Gasteiger partial charge in [-0.1, -0.05) is 6.07 Å². The molecule has 23 heavy (non-hydrogen) atoms. The van der Waals surface area contributed by atoms with Gasteiger partial charge in [0.25, 0.3) is 5.91 Å². The van der Waals surface area contributed by atoms with Crippen LogP contribution in [0.1, 0.15) is 44.5 Å². The molecule has 0 saturated heterocycles. The average Bonchev–Trinajstić information content (AvgIpc) is 2.45. The maximum Gasteiger partial charge on any atom is 0.326 e. The third-order valence-electron chi connectivity index (χ3n) is 2.95. The monoisotopic (exact) mass is 323 g/mol. The summed E-state index contributed by atoms with van der Waals surface area (Å²) in [6.07, 6.45) is 0.198. The lowest BCUT2D eigenvalue weighted by Gasteiger charge is -2.21. The number of carboxylic acids is 1. The molecule has 1 atom stereocenters. The number of aliphatic carboxylic acids is 1. The van der Waals surface area contributed by atoms with Crippen LogP contribution in [0.15, 0.2) is 24.3 Å². The van der Waals surface area contributed by atoms with Gasteiger partial charge >= 0.3 is 5.97 Å². The summed E-state index contributed by atoms with van der Waals surface area (Å²) < 4.78 is 10.8. The Hall–Kier alpha value is -2.08. The summed E-state index contributed by atoms with van der Waals surface area (Å²) in [5.41, 5.74) is 0.0118. The summed E-state index contributed by atoms with van der Waals surface area (Å²) in [5.74, 6) is -0.963. The lowest BCUT2D eigenvalue weighted by Crippen LogP contribution is -2.42. The fourth-order valence-electron chi connectivity index (χ4n) is 1.88. The maximum atomic E-state index is 12.2. The Bertz CT molecular complexity index is 536. The molecule has 0 aliphatic carbocycles. The molecule has 0 aromatic heterocycles. The van der Waals surface area contributed by atoms with Crippen LogP contribution in [0.25, 0.3) is 0 Å². The smallest absolute Gasteiger partial charge is 0.326 e. The molecular weight excluding hydrogens is 298 g/mol. The van der Waals surface area contributed by atoms with E-state index in [0.29, 0.717) is 17.9 Å². The van der Waals surface area contributed by atoms with Crippen molar-refractivity contribution < 1.29 is 24.2 Å². The SMILES string of the molecule is CCOc1cccc(C(=O)NC(CCOC(C)(C)C)C(=O)O)c1. The van der Waals surface area contributed by atoms with Gasteiger partial charge in [-0.25, -0.2) is 4.79 Å². The minimum absolute atomic E-state index is 0.198. The van der Waals surface area contributed by atoms with Gasteiger partial charge in [0, 0.05) is 18.6 Å². The molecule has 1 rings (SSSR count). The van der Waals surface area contributed by atoms with Gasteiger partial charge in [0.15, 0.2) is 0 Å². The molecule has 1 unspecified atom stereocenters. The molecule has 0 fully saturated rings. The van der Waals surface area contributed by atoms with Crippen molar-refractivity contribution in [1.82, 2.24) is 5.32 Å². The first-order valence-electron chi connectivity index (χ1n) is 7.63. The second-order valence-electron chi connectivity index (χ2n) is 6.07. The van der Waals surface area contributed by atoms with Crippen molar-refractivity contribution >= 4 is 11.9 Å². The van der Waals surface area contributed by atoms with Gasteiger partial charge in [0.2, 0.25) is 0 Å². The van der Waals surface area contributed by atoms with Crippen LogP contribution in [0.3, 0.4) is 0 Å². The standard InChI is InChI=1S/C17H25NO5/c1-5-22-13-8-6-7-12(11-13)15(19)18-14(16(20)21)9-10-23-17(2,3)4/h6-8,11,14H,5,9-10H2,1-4H3,(H,18,19)(H,20,21). The van der Waals surface area contributed by atoms with Gasteiger partial charge < -0.3 is 19.9 Å². The van der Waals surface area contributed by atoms with Crippen molar-refractivity contribution in [3.8, 4) is 5.75 Å². The Morgan fingerprint density at radius 1 is 1.30 bits per heavy atom.